The molecule has 0 unspecified atom stereocenters. The summed E-state index contributed by atoms with van der Waals surface area (Å²) in [5, 5.41) is 1.92. The van der Waals surface area contributed by atoms with E-state index in [1.807, 2.05) is 66.9 Å². The monoisotopic (exact) mass is 356 g/mol. The molecule has 2 aromatic rings. The number of hydrogen-bond donors (Lipinski definition) is 1. The van der Waals surface area contributed by atoms with Gasteiger partial charge in [-0.1, -0.05) is 60.7 Å². The molecule has 25 heavy (non-hydrogen) atoms. The zero-order valence-electron chi connectivity index (χ0n) is 14.3. The maximum atomic E-state index is 13.9. The van der Waals surface area contributed by atoms with E-state index >= 15 is 0 Å². The first-order chi connectivity index (χ1) is 12.2. The van der Waals surface area contributed by atoms with Gasteiger partial charge in [-0.2, -0.15) is 0 Å². The van der Waals surface area contributed by atoms with Crippen LogP contribution >= 0.6 is 7.60 Å². The molecule has 0 amide bonds. The minimum Gasteiger partial charge on any atom is -0.353 e. The molecule has 0 radical (unpaired) electrons. The molecule has 0 atom stereocenters. The molecule has 0 fully saturated rings. The summed E-state index contributed by atoms with van der Waals surface area (Å²) < 4.78 is 25.0. The molecule has 130 valence electrons. The number of rotatable bonds is 6. The first-order valence-electron chi connectivity index (χ1n) is 7.95. The normalized spacial score (nSPS) is 14.7. The molecule has 0 saturated carbocycles. The average molecular weight is 356 g/mol. The summed E-state index contributed by atoms with van der Waals surface area (Å²) in [6, 6.07) is 19.3. The molecule has 2 aromatic carbocycles. The van der Waals surface area contributed by atoms with E-state index in [4.69, 9.17) is 9.05 Å². The standard InChI is InChI=1S/C19H21N2O3P/c1-23-25(22,24-2)19(16-9-5-3-6-10-16,17-11-7-4-8-12-17)18-13-20-15-21-14-18/h3-13,15H,14H2,1-2H3,(H,20,21). The summed E-state index contributed by atoms with van der Waals surface area (Å²) in [7, 11) is -0.773. The predicted octanol–water partition coefficient (Wildman–Crippen LogP) is 3.93. The van der Waals surface area contributed by atoms with Crippen molar-refractivity contribution in [1.29, 1.82) is 0 Å². The van der Waals surface area contributed by atoms with Crippen LogP contribution in [0.5, 0.6) is 0 Å². The van der Waals surface area contributed by atoms with Gasteiger partial charge in [0, 0.05) is 20.4 Å². The van der Waals surface area contributed by atoms with Gasteiger partial charge in [-0.25, -0.2) is 0 Å². The Morgan fingerprint density at radius 3 is 1.88 bits per heavy atom. The van der Waals surface area contributed by atoms with E-state index in [1.165, 1.54) is 14.2 Å². The molecule has 1 aliphatic rings. The van der Waals surface area contributed by atoms with Crippen LogP contribution in [0.1, 0.15) is 11.1 Å². The second-order valence-corrected chi connectivity index (χ2v) is 8.01. The number of nitrogens with zero attached hydrogens (tertiary/aromatic N) is 1. The SMILES string of the molecule is COP(=O)(OC)C(C1=CNC=NC1)(c1ccccc1)c1ccccc1. The highest BCUT2D eigenvalue weighted by atomic mass is 31.2. The second-order valence-electron chi connectivity index (χ2n) is 5.61. The molecule has 3 rings (SSSR count). The van der Waals surface area contributed by atoms with Crippen molar-refractivity contribution < 1.29 is 13.6 Å². The lowest BCUT2D eigenvalue weighted by molar-refractivity contribution is 0.258. The summed E-state index contributed by atoms with van der Waals surface area (Å²) in [6.07, 6.45) is 3.45. The maximum Gasteiger partial charge on any atom is 0.349 e. The molecule has 0 aromatic heterocycles. The average Bonchev–Trinajstić information content (AvgIpc) is 2.71. The molecular formula is C19H21N2O3P. The van der Waals surface area contributed by atoms with Gasteiger partial charge in [-0.05, 0) is 16.7 Å². The first-order valence-corrected chi connectivity index (χ1v) is 9.50. The third-order valence-electron chi connectivity index (χ3n) is 4.42. The second kappa shape index (κ2) is 7.36. The fourth-order valence-corrected chi connectivity index (χ4v) is 5.45. The minimum absolute atomic E-state index is 0.396. The van der Waals surface area contributed by atoms with Crippen LogP contribution in [0, 0.1) is 0 Å². The van der Waals surface area contributed by atoms with Gasteiger partial charge in [0.15, 0.2) is 0 Å². The molecule has 1 heterocycles. The molecule has 5 nitrogen and oxygen atoms in total. The molecule has 1 N–H and O–H groups in total. The van der Waals surface area contributed by atoms with Crippen molar-refractivity contribution in [2.45, 2.75) is 5.16 Å². The van der Waals surface area contributed by atoms with Gasteiger partial charge in [0.2, 0.25) is 0 Å². The van der Waals surface area contributed by atoms with Gasteiger partial charge < -0.3 is 14.4 Å². The van der Waals surface area contributed by atoms with Crippen LogP contribution in [0.15, 0.2) is 77.4 Å². The number of hydrogen-bond acceptors (Lipinski definition) is 5. The molecule has 6 heteroatoms. The van der Waals surface area contributed by atoms with Crippen LogP contribution in [-0.4, -0.2) is 27.1 Å². The molecule has 0 bridgehead atoms. The molecule has 1 aliphatic heterocycles. The van der Waals surface area contributed by atoms with Crippen molar-refractivity contribution in [3.05, 3.63) is 83.6 Å². The highest BCUT2D eigenvalue weighted by Crippen LogP contribution is 2.70. The lowest BCUT2D eigenvalue weighted by atomic mass is 9.83. The Morgan fingerprint density at radius 2 is 1.48 bits per heavy atom. The molecule has 0 saturated heterocycles. The zero-order chi connectivity index (χ0) is 17.8. The molecule has 0 aliphatic carbocycles. The van der Waals surface area contributed by atoms with Gasteiger partial charge in [0.25, 0.3) is 0 Å². The minimum atomic E-state index is -3.62. The lowest BCUT2D eigenvalue weighted by Gasteiger charge is -2.41. The summed E-state index contributed by atoms with van der Waals surface area (Å²) in [4.78, 5) is 4.32. The Morgan fingerprint density at radius 1 is 0.960 bits per heavy atom. The summed E-state index contributed by atoms with van der Waals surface area (Å²) in [6.45, 7) is 0.396. The van der Waals surface area contributed by atoms with Crippen molar-refractivity contribution >= 4 is 13.9 Å². The molecular weight excluding hydrogens is 335 g/mol. The smallest absolute Gasteiger partial charge is 0.349 e. The van der Waals surface area contributed by atoms with E-state index in [1.54, 1.807) is 6.34 Å². The quantitative estimate of drug-likeness (QED) is 0.797. The topological polar surface area (TPSA) is 59.9 Å². The lowest BCUT2D eigenvalue weighted by Crippen LogP contribution is -2.35. The van der Waals surface area contributed by atoms with Crippen molar-refractivity contribution in [2.24, 2.45) is 4.99 Å². The van der Waals surface area contributed by atoms with Crippen molar-refractivity contribution in [3.8, 4) is 0 Å². The Balaban J connectivity index is 2.40. The van der Waals surface area contributed by atoms with Crippen molar-refractivity contribution in [3.63, 3.8) is 0 Å². The molecule has 0 spiro atoms. The van der Waals surface area contributed by atoms with E-state index in [9.17, 15) is 4.57 Å². The van der Waals surface area contributed by atoms with E-state index in [0.717, 1.165) is 16.7 Å². The number of nitrogens with one attached hydrogen (secondary N) is 1. The van der Waals surface area contributed by atoms with Crippen LogP contribution in [0.25, 0.3) is 0 Å². The Kier molecular flexibility index (Phi) is 5.19. The number of aliphatic imine (C=N–C) groups is 1. The van der Waals surface area contributed by atoms with Crippen LogP contribution in [-0.2, 0) is 18.8 Å². The van der Waals surface area contributed by atoms with Crippen LogP contribution in [0.4, 0.5) is 0 Å². The van der Waals surface area contributed by atoms with Crippen molar-refractivity contribution in [2.75, 3.05) is 20.8 Å². The van der Waals surface area contributed by atoms with E-state index in [-0.39, 0.29) is 0 Å². The van der Waals surface area contributed by atoms with Gasteiger partial charge in [-0.15, -0.1) is 0 Å². The summed E-state index contributed by atoms with van der Waals surface area (Å²) in [5.41, 5.74) is 2.48. The van der Waals surface area contributed by atoms with E-state index in [2.05, 4.69) is 10.3 Å². The summed E-state index contributed by atoms with van der Waals surface area (Å²) in [5.74, 6) is 0. The van der Waals surface area contributed by atoms with Crippen LogP contribution < -0.4 is 5.32 Å². The van der Waals surface area contributed by atoms with Crippen LogP contribution in [0.3, 0.4) is 0 Å². The number of benzene rings is 2. The van der Waals surface area contributed by atoms with Gasteiger partial charge in [0.1, 0.15) is 5.16 Å². The first kappa shape index (κ1) is 17.6. The van der Waals surface area contributed by atoms with Crippen molar-refractivity contribution in [1.82, 2.24) is 5.32 Å². The van der Waals surface area contributed by atoms with Gasteiger partial charge in [-0.3, -0.25) is 9.56 Å². The van der Waals surface area contributed by atoms with Gasteiger partial charge in [0.05, 0.1) is 12.9 Å². The Bertz CT molecular complexity index is 772. The Labute approximate surface area is 147 Å². The third kappa shape index (κ3) is 2.85. The summed E-state index contributed by atoms with van der Waals surface area (Å²) >= 11 is 0. The zero-order valence-corrected chi connectivity index (χ0v) is 15.1. The van der Waals surface area contributed by atoms with E-state index in [0.29, 0.717) is 6.54 Å². The van der Waals surface area contributed by atoms with Gasteiger partial charge >= 0.3 is 7.60 Å². The fraction of sp³-hybridized carbons (Fsp3) is 0.211. The van der Waals surface area contributed by atoms with E-state index < -0.39 is 12.8 Å². The largest absolute Gasteiger partial charge is 0.353 e. The third-order valence-corrected chi connectivity index (χ3v) is 7.01. The highest BCUT2D eigenvalue weighted by Gasteiger charge is 2.55. The predicted molar refractivity (Wildman–Crippen MR) is 99.9 cm³/mol. The highest BCUT2D eigenvalue weighted by molar-refractivity contribution is 7.55. The van der Waals surface area contributed by atoms with Crippen LogP contribution in [0.2, 0.25) is 0 Å². The maximum absolute atomic E-state index is 13.9. The Hall–Kier alpha value is -2.20. The fourth-order valence-electron chi connectivity index (χ4n) is 3.34.